The van der Waals surface area contributed by atoms with Crippen LogP contribution in [0.25, 0.3) is 11.5 Å². The molecule has 1 aliphatic carbocycles. The highest BCUT2D eigenvalue weighted by Gasteiger charge is 2.31. The lowest BCUT2D eigenvalue weighted by atomic mass is 10.1. The van der Waals surface area contributed by atoms with Crippen molar-refractivity contribution in [2.45, 2.75) is 25.5 Å². The molecule has 0 bridgehead atoms. The Morgan fingerprint density at radius 3 is 2.58 bits per heavy atom. The molecule has 0 saturated heterocycles. The Bertz CT molecular complexity index is 1400. The van der Waals surface area contributed by atoms with Gasteiger partial charge in [0.2, 0.25) is 11.8 Å². The average molecular weight is 559 g/mol. The summed E-state index contributed by atoms with van der Waals surface area (Å²) < 4.78 is 15.6. The summed E-state index contributed by atoms with van der Waals surface area (Å²) in [6.07, 6.45) is -2.03. The number of benzene rings is 1. The molecule has 4 rings (SSSR count). The molecule has 2 aromatic heterocycles. The highest BCUT2D eigenvalue weighted by molar-refractivity contribution is 6.00. The first kappa shape index (κ1) is 28.3. The number of nitrogens with zero attached hydrogens (tertiary/aromatic N) is 4. The van der Waals surface area contributed by atoms with E-state index in [4.69, 9.17) is 14.0 Å². The molecule has 7 N–H and O–H groups in total. The van der Waals surface area contributed by atoms with Gasteiger partial charge in [-0.2, -0.15) is 4.98 Å². The summed E-state index contributed by atoms with van der Waals surface area (Å²) in [6.45, 7) is -0.136. The van der Waals surface area contributed by atoms with Crippen LogP contribution in [0, 0.1) is 5.92 Å². The number of methoxy groups -OCH3 is 2. The number of hydrogen-bond acceptors (Lipinski definition) is 14. The number of anilines is 3. The molecule has 1 aromatic carbocycles. The number of para-hydroxylation sites is 1. The van der Waals surface area contributed by atoms with E-state index in [1.165, 1.54) is 20.3 Å². The molecule has 1 fully saturated rings. The first-order valence-electron chi connectivity index (χ1n) is 11.8. The SMILES string of the molecule is COCC(=O)NCc1noc(-c2cccc(Nc3cc(NC(=O)C4CC4)nnc3C(=O)NC(O)(O)O)c2OC)n1. The molecule has 2 heterocycles. The van der Waals surface area contributed by atoms with Crippen molar-refractivity contribution in [2.24, 2.45) is 5.92 Å². The number of nitrogens with one attached hydrogen (secondary N) is 4. The number of carbonyl (C=O) groups excluding carboxylic acids is 3. The van der Waals surface area contributed by atoms with Crippen molar-refractivity contribution < 1.29 is 43.7 Å². The summed E-state index contributed by atoms with van der Waals surface area (Å²) in [5, 5.41) is 48.7. The fourth-order valence-corrected chi connectivity index (χ4v) is 3.46. The number of aliphatic hydroxyl groups is 3. The monoisotopic (exact) mass is 558 g/mol. The van der Waals surface area contributed by atoms with Crippen molar-refractivity contribution in [3.05, 3.63) is 35.8 Å². The lowest BCUT2D eigenvalue weighted by molar-refractivity contribution is -0.323. The van der Waals surface area contributed by atoms with E-state index in [1.807, 2.05) is 0 Å². The van der Waals surface area contributed by atoms with Gasteiger partial charge in [0.05, 0.1) is 30.6 Å². The van der Waals surface area contributed by atoms with Gasteiger partial charge in [0.15, 0.2) is 23.1 Å². The van der Waals surface area contributed by atoms with Crippen molar-refractivity contribution in [1.82, 2.24) is 31.0 Å². The van der Waals surface area contributed by atoms with Crippen LogP contribution in [0.1, 0.15) is 29.2 Å². The van der Waals surface area contributed by atoms with Gasteiger partial charge >= 0.3 is 6.10 Å². The molecule has 40 heavy (non-hydrogen) atoms. The zero-order valence-electron chi connectivity index (χ0n) is 21.3. The van der Waals surface area contributed by atoms with Crippen molar-refractivity contribution in [3.63, 3.8) is 0 Å². The molecule has 0 radical (unpaired) electrons. The molecule has 212 valence electrons. The highest BCUT2D eigenvalue weighted by atomic mass is 16.7. The molecule has 0 spiro atoms. The van der Waals surface area contributed by atoms with Crippen LogP contribution in [-0.2, 0) is 20.9 Å². The molecule has 1 aliphatic rings. The smallest absolute Gasteiger partial charge is 0.369 e. The number of aromatic nitrogens is 4. The van der Waals surface area contributed by atoms with E-state index in [0.29, 0.717) is 5.56 Å². The van der Waals surface area contributed by atoms with E-state index in [1.54, 1.807) is 23.5 Å². The zero-order chi connectivity index (χ0) is 28.9. The maximum Gasteiger partial charge on any atom is 0.369 e. The first-order valence-corrected chi connectivity index (χ1v) is 11.8. The number of hydrogen-bond donors (Lipinski definition) is 7. The highest BCUT2D eigenvalue weighted by Crippen LogP contribution is 2.38. The summed E-state index contributed by atoms with van der Waals surface area (Å²) in [7, 11) is 2.77. The third-order valence-electron chi connectivity index (χ3n) is 5.40. The lowest BCUT2D eigenvalue weighted by Crippen LogP contribution is -2.48. The number of amides is 3. The molecule has 3 aromatic rings. The van der Waals surface area contributed by atoms with Crippen LogP contribution in [-0.4, -0.2) is 80.3 Å². The number of carbonyl (C=O) groups is 3. The zero-order valence-corrected chi connectivity index (χ0v) is 21.3. The van der Waals surface area contributed by atoms with E-state index in [-0.39, 0.29) is 65.5 Å². The van der Waals surface area contributed by atoms with E-state index >= 15 is 0 Å². The fourth-order valence-electron chi connectivity index (χ4n) is 3.46. The minimum atomic E-state index is -3.52. The topological polar surface area (TPSA) is 243 Å². The van der Waals surface area contributed by atoms with Gasteiger partial charge in [0, 0.05) is 19.1 Å². The lowest BCUT2D eigenvalue weighted by Gasteiger charge is -2.18. The molecular weight excluding hydrogens is 532 g/mol. The summed E-state index contributed by atoms with van der Waals surface area (Å²) in [5.74, 6) is -1.49. The van der Waals surface area contributed by atoms with Crippen LogP contribution in [0.4, 0.5) is 17.2 Å². The summed E-state index contributed by atoms with van der Waals surface area (Å²) in [6, 6.07) is 6.14. The number of ether oxygens (including phenoxy) is 2. The molecule has 0 atom stereocenters. The third kappa shape index (κ3) is 7.23. The van der Waals surface area contributed by atoms with Crippen LogP contribution in [0.3, 0.4) is 0 Å². The van der Waals surface area contributed by atoms with Gasteiger partial charge < -0.3 is 45.3 Å². The molecular formula is C23H26N8O9. The largest absolute Gasteiger partial charge is 0.494 e. The summed E-state index contributed by atoms with van der Waals surface area (Å²) in [5.41, 5.74) is 0.137. The number of rotatable bonds is 12. The van der Waals surface area contributed by atoms with Crippen LogP contribution in [0.15, 0.2) is 28.8 Å². The maximum absolute atomic E-state index is 12.6. The predicted molar refractivity (Wildman–Crippen MR) is 134 cm³/mol. The summed E-state index contributed by atoms with van der Waals surface area (Å²) in [4.78, 5) is 40.7. The standard InChI is InChI=1S/C23H26N8O9/c1-38-10-17(32)24-9-16-27-22(40-31-16)12-4-3-5-13(19(12)39-2)25-14-8-15(26-20(33)11-6-7-11)29-30-18(14)21(34)28-23(35,36)37/h3-5,8,11,35-37H,6-7,9-10H2,1-2H3,(H,24,32)(H,28,34)(H2,25,26,29,33). The van der Waals surface area contributed by atoms with Crippen LogP contribution in [0.5, 0.6) is 5.75 Å². The van der Waals surface area contributed by atoms with E-state index in [2.05, 4.69) is 36.3 Å². The van der Waals surface area contributed by atoms with Gasteiger partial charge in [-0.25, -0.2) is 0 Å². The van der Waals surface area contributed by atoms with Crippen LogP contribution in [0.2, 0.25) is 0 Å². The normalized spacial score (nSPS) is 12.9. The van der Waals surface area contributed by atoms with Crippen LogP contribution >= 0.6 is 0 Å². The molecule has 0 unspecified atom stereocenters. The predicted octanol–water partition coefficient (Wildman–Crippen LogP) is -0.792. The van der Waals surface area contributed by atoms with E-state index < -0.39 is 17.7 Å². The first-order chi connectivity index (χ1) is 19.1. The average Bonchev–Trinajstić information content (AvgIpc) is 3.64. The van der Waals surface area contributed by atoms with E-state index in [0.717, 1.165) is 12.8 Å². The molecule has 3 amide bonds. The van der Waals surface area contributed by atoms with Crippen molar-refractivity contribution in [1.29, 1.82) is 0 Å². The second kappa shape index (κ2) is 12.0. The van der Waals surface area contributed by atoms with Crippen molar-refractivity contribution in [3.8, 4) is 17.2 Å². The Morgan fingerprint density at radius 1 is 1.12 bits per heavy atom. The van der Waals surface area contributed by atoms with Crippen LogP contribution < -0.4 is 26.0 Å². The molecule has 17 heteroatoms. The van der Waals surface area contributed by atoms with E-state index in [9.17, 15) is 29.7 Å². The minimum absolute atomic E-state index is 0.00940. The van der Waals surface area contributed by atoms with Gasteiger partial charge in [-0.15, -0.1) is 10.2 Å². The molecule has 17 nitrogen and oxygen atoms in total. The van der Waals surface area contributed by atoms with Crippen molar-refractivity contribution >= 4 is 34.9 Å². The second-order valence-electron chi connectivity index (χ2n) is 8.58. The Labute approximate surface area is 225 Å². The second-order valence-corrected chi connectivity index (χ2v) is 8.58. The third-order valence-corrected chi connectivity index (χ3v) is 5.40. The van der Waals surface area contributed by atoms with Gasteiger partial charge in [-0.05, 0) is 25.0 Å². The van der Waals surface area contributed by atoms with Crippen molar-refractivity contribution in [2.75, 3.05) is 31.5 Å². The van der Waals surface area contributed by atoms with Gasteiger partial charge in [0.25, 0.3) is 11.8 Å². The Balaban J connectivity index is 1.64. The minimum Gasteiger partial charge on any atom is -0.494 e. The quantitative estimate of drug-likeness (QED) is 0.135. The molecule has 1 saturated carbocycles. The van der Waals surface area contributed by atoms with Gasteiger partial charge in [-0.1, -0.05) is 11.2 Å². The Kier molecular flexibility index (Phi) is 8.49. The summed E-state index contributed by atoms with van der Waals surface area (Å²) >= 11 is 0. The van der Waals surface area contributed by atoms with Gasteiger partial charge in [0.1, 0.15) is 6.61 Å². The maximum atomic E-state index is 12.6. The fraction of sp³-hybridized carbons (Fsp3) is 0.348. The Morgan fingerprint density at radius 2 is 1.90 bits per heavy atom. The Hall–Kier alpha value is -4.71. The molecule has 0 aliphatic heterocycles. The van der Waals surface area contributed by atoms with Gasteiger partial charge in [-0.3, -0.25) is 19.7 Å².